The van der Waals surface area contributed by atoms with Gasteiger partial charge >= 0.3 is 0 Å². The van der Waals surface area contributed by atoms with Crippen LogP contribution in [0.15, 0.2) is 24.3 Å². The van der Waals surface area contributed by atoms with E-state index in [-0.39, 0.29) is 12.4 Å². The lowest BCUT2D eigenvalue weighted by molar-refractivity contribution is 0.0211. The van der Waals surface area contributed by atoms with Gasteiger partial charge in [-0.1, -0.05) is 0 Å². The number of nitrogens with one attached hydrogen (secondary N) is 1. The van der Waals surface area contributed by atoms with Crippen LogP contribution in [0, 0.1) is 11.3 Å². The molecule has 1 aromatic carbocycles. The molecular formula is C10H11ClN2O. The summed E-state index contributed by atoms with van der Waals surface area (Å²) >= 11 is 0. The number of halogens is 1. The fraction of sp³-hybridized carbons (Fsp3) is 0.300. The maximum absolute atomic E-state index is 8.58. The van der Waals surface area contributed by atoms with E-state index in [2.05, 4.69) is 11.4 Å². The molecule has 2 rings (SSSR count). The summed E-state index contributed by atoms with van der Waals surface area (Å²) in [6.07, 6.45) is 0. The van der Waals surface area contributed by atoms with Crippen molar-refractivity contribution in [1.82, 2.24) is 0 Å². The van der Waals surface area contributed by atoms with Crippen LogP contribution in [0.3, 0.4) is 0 Å². The van der Waals surface area contributed by atoms with Crippen LogP contribution in [0.5, 0.6) is 0 Å². The zero-order valence-corrected chi connectivity index (χ0v) is 8.38. The van der Waals surface area contributed by atoms with Gasteiger partial charge in [0, 0.05) is 5.69 Å². The Bertz CT molecular complexity index is 327. The van der Waals surface area contributed by atoms with Crippen LogP contribution in [-0.4, -0.2) is 19.3 Å². The first-order chi connectivity index (χ1) is 6.38. The maximum atomic E-state index is 8.58. The first kappa shape index (κ1) is 10.8. The van der Waals surface area contributed by atoms with Crippen molar-refractivity contribution >= 4 is 18.1 Å². The molecule has 1 N–H and O–H groups in total. The molecule has 0 atom stereocenters. The number of nitrogens with zero attached hydrogens (tertiary/aromatic N) is 1. The predicted molar refractivity (Wildman–Crippen MR) is 56.6 cm³/mol. The summed E-state index contributed by atoms with van der Waals surface area (Å²) < 4.78 is 5.04. The van der Waals surface area contributed by atoms with Crippen LogP contribution in [0.2, 0.25) is 0 Å². The Morgan fingerprint density at radius 2 is 1.93 bits per heavy atom. The van der Waals surface area contributed by atoms with Crippen molar-refractivity contribution in [3.8, 4) is 6.07 Å². The molecule has 1 fully saturated rings. The van der Waals surface area contributed by atoms with Crippen molar-refractivity contribution in [1.29, 1.82) is 5.26 Å². The maximum Gasteiger partial charge on any atom is 0.0991 e. The number of nitriles is 1. The van der Waals surface area contributed by atoms with E-state index in [0.29, 0.717) is 11.6 Å². The normalized spacial score (nSPS) is 14.8. The summed E-state index contributed by atoms with van der Waals surface area (Å²) in [6, 6.07) is 9.96. The van der Waals surface area contributed by atoms with E-state index in [1.54, 1.807) is 0 Å². The number of anilines is 1. The highest BCUT2D eigenvalue weighted by Crippen LogP contribution is 2.13. The molecule has 0 spiro atoms. The number of ether oxygens (including phenoxy) is 1. The molecule has 1 aliphatic rings. The smallest absolute Gasteiger partial charge is 0.0991 e. The van der Waals surface area contributed by atoms with Crippen molar-refractivity contribution in [3.63, 3.8) is 0 Å². The Labute approximate surface area is 89.1 Å². The molecule has 1 saturated heterocycles. The number of hydrogen-bond acceptors (Lipinski definition) is 3. The van der Waals surface area contributed by atoms with Gasteiger partial charge in [0.2, 0.25) is 0 Å². The summed E-state index contributed by atoms with van der Waals surface area (Å²) in [7, 11) is 0. The minimum atomic E-state index is 0. The van der Waals surface area contributed by atoms with Crippen LogP contribution in [0.1, 0.15) is 5.56 Å². The van der Waals surface area contributed by atoms with Crippen LogP contribution in [0.4, 0.5) is 5.69 Å². The first-order valence-corrected chi connectivity index (χ1v) is 4.23. The highest BCUT2D eigenvalue weighted by molar-refractivity contribution is 5.85. The van der Waals surface area contributed by atoms with Gasteiger partial charge in [0.15, 0.2) is 0 Å². The Kier molecular flexibility index (Phi) is 3.75. The second-order valence-electron chi connectivity index (χ2n) is 3.07. The summed E-state index contributed by atoms with van der Waals surface area (Å²) in [5, 5.41) is 11.9. The van der Waals surface area contributed by atoms with Gasteiger partial charge in [-0.05, 0) is 24.3 Å². The molecule has 0 radical (unpaired) electrons. The van der Waals surface area contributed by atoms with E-state index in [0.717, 1.165) is 18.9 Å². The minimum Gasteiger partial charge on any atom is -0.378 e. The molecular weight excluding hydrogens is 200 g/mol. The summed E-state index contributed by atoms with van der Waals surface area (Å²) in [5.74, 6) is 0. The topological polar surface area (TPSA) is 45.0 Å². The molecule has 0 amide bonds. The van der Waals surface area contributed by atoms with Crippen molar-refractivity contribution in [2.24, 2.45) is 0 Å². The van der Waals surface area contributed by atoms with E-state index in [1.165, 1.54) is 0 Å². The molecule has 0 unspecified atom stereocenters. The first-order valence-electron chi connectivity index (χ1n) is 4.23. The van der Waals surface area contributed by atoms with Gasteiger partial charge in [0.05, 0.1) is 30.9 Å². The number of hydrogen-bond donors (Lipinski definition) is 1. The SMILES string of the molecule is Cl.N#Cc1ccc(NC2COC2)cc1. The highest BCUT2D eigenvalue weighted by atomic mass is 35.5. The zero-order chi connectivity index (χ0) is 9.10. The van der Waals surface area contributed by atoms with E-state index in [9.17, 15) is 0 Å². The number of benzene rings is 1. The molecule has 0 saturated carbocycles. The Morgan fingerprint density at radius 1 is 1.29 bits per heavy atom. The Hall–Kier alpha value is -1.24. The van der Waals surface area contributed by atoms with Crippen molar-refractivity contribution < 1.29 is 4.74 Å². The summed E-state index contributed by atoms with van der Waals surface area (Å²) in [5.41, 5.74) is 1.74. The predicted octanol–water partition coefficient (Wildman–Crippen LogP) is 1.79. The van der Waals surface area contributed by atoms with Gasteiger partial charge < -0.3 is 10.1 Å². The standard InChI is InChI=1S/C10H10N2O.ClH/c11-5-8-1-3-9(4-2-8)12-10-6-13-7-10;/h1-4,10,12H,6-7H2;1H. The van der Waals surface area contributed by atoms with E-state index >= 15 is 0 Å². The Morgan fingerprint density at radius 3 is 2.36 bits per heavy atom. The Balaban J connectivity index is 0.000000980. The van der Waals surface area contributed by atoms with Crippen LogP contribution < -0.4 is 5.32 Å². The van der Waals surface area contributed by atoms with Crippen molar-refractivity contribution in [3.05, 3.63) is 29.8 Å². The summed E-state index contributed by atoms with van der Waals surface area (Å²) in [6.45, 7) is 1.56. The molecule has 74 valence electrons. The average molecular weight is 211 g/mol. The molecule has 1 aliphatic heterocycles. The van der Waals surface area contributed by atoms with E-state index < -0.39 is 0 Å². The molecule has 0 bridgehead atoms. The molecule has 0 aromatic heterocycles. The van der Waals surface area contributed by atoms with E-state index in [1.807, 2.05) is 24.3 Å². The lowest BCUT2D eigenvalue weighted by atomic mass is 10.2. The lowest BCUT2D eigenvalue weighted by Crippen LogP contribution is -2.40. The molecule has 1 heterocycles. The fourth-order valence-corrected chi connectivity index (χ4v) is 1.20. The molecule has 0 aliphatic carbocycles. The summed E-state index contributed by atoms with van der Waals surface area (Å²) in [4.78, 5) is 0. The fourth-order valence-electron chi connectivity index (χ4n) is 1.20. The largest absolute Gasteiger partial charge is 0.378 e. The molecule has 1 aromatic rings. The highest BCUT2D eigenvalue weighted by Gasteiger charge is 2.17. The third-order valence-corrected chi connectivity index (χ3v) is 2.02. The van der Waals surface area contributed by atoms with Gasteiger partial charge in [-0.25, -0.2) is 0 Å². The minimum absolute atomic E-state index is 0. The monoisotopic (exact) mass is 210 g/mol. The average Bonchev–Trinajstić information content (AvgIpc) is 2.12. The molecule has 14 heavy (non-hydrogen) atoms. The van der Waals surface area contributed by atoms with Gasteiger partial charge in [-0.15, -0.1) is 12.4 Å². The van der Waals surface area contributed by atoms with Crippen LogP contribution in [0.25, 0.3) is 0 Å². The van der Waals surface area contributed by atoms with Gasteiger partial charge in [-0.3, -0.25) is 0 Å². The lowest BCUT2D eigenvalue weighted by Gasteiger charge is -2.27. The molecule has 4 heteroatoms. The van der Waals surface area contributed by atoms with Crippen LogP contribution in [-0.2, 0) is 4.74 Å². The van der Waals surface area contributed by atoms with Gasteiger partial charge in [0.1, 0.15) is 0 Å². The van der Waals surface area contributed by atoms with Crippen LogP contribution >= 0.6 is 12.4 Å². The second kappa shape index (κ2) is 4.85. The van der Waals surface area contributed by atoms with Crippen molar-refractivity contribution in [2.75, 3.05) is 18.5 Å². The van der Waals surface area contributed by atoms with Gasteiger partial charge in [-0.2, -0.15) is 5.26 Å². The second-order valence-corrected chi connectivity index (χ2v) is 3.07. The zero-order valence-electron chi connectivity index (χ0n) is 7.56. The van der Waals surface area contributed by atoms with Crippen molar-refractivity contribution in [2.45, 2.75) is 6.04 Å². The van der Waals surface area contributed by atoms with Gasteiger partial charge in [0.25, 0.3) is 0 Å². The quantitative estimate of drug-likeness (QED) is 0.810. The van der Waals surface area contributed by atoms with E-state index in [4.69, 9.17) is 10.00 Å². The number of rotatable bonds is 2. The molecule has 3 nitrogen and oxygen atoms in total. The third-order valence-electron chi connectivity index (χ3n) is 2.02. The third kappa shape index (κ3) is 2.38.